The van der Waals surface area contributed by atoms with E-state index in [0.29, 0.717) is 6.54 Å². The molecule has 0 saturated carbocycles. The number of hydrogen-bond donors (Lipinski definition) is 1. The average molecular weight is 321 g/mol. The maximum Gasteiger partial charge on any atom is 0.0410 e. The summed E-state index contributed by atoms with van der Waals surface area (Å²) in [5.74, 6) is 0. The predicted octanol–water partition coefficient (Wildman–Crippen LogP) is 3.93. The molecule has 1 aliphatic rings. The largest absolute Gasteiger partial charge is 0.760 e. The summed E-state index contributed by atoms with van der Waals surface area (Å²) >= 11 is 2.73. The van der Waals surface area contributed by atoms with Gasteiger partial charge in [-0.2, -0.15) is 12.6 Å². The van der Waals surface area contributed by atoms with Crippen LogP contribution in [0.15, 0.2) is 0 Å². The fourth-order valence-corrected chi connectivity index (χ4v) is 5.30. The highest BCUT2D eigenvalue weighted by atomic mass is 32.2. The molecule has 0 bridgehead atoms. The van der Waals surface area contributed by atoms with Crippen molar-refractivity contribution in [2.75, 3.05) is 6.54 Å². The van der Waals surface area contributed by atoms with Crippen LogP contribution in [0.3, 0.4) is 0 Å². The van der Waals surface area contributed by atoms with Crippen molar-refractivity contribution in [2.24, 2.45) is 5.41 Å². The summed E-state index contributed by atoms with van der Waals surface area (Å²) in [7, 11) is 0. The van der Waals surface area contributed by atoms with Crippen molar-refractivity contribution < 1.29 is 8.76 Å². The van der Waals surface area contributed by atoms with Gasteiger partial charge in [-0.05, 0) is 38.0 Å². The molecule has 0 amide bonds. The predicted molar refractivity (Wildman–Crippen MR) is 88.6 cm³/mol. The number of hydrogen-bond acceptors (Lipinski definition) is 3. The van der Waals surface area contributed by atoms with Gasteiger partial charge in [0.05, 0.1) is 0 Å². The van der Waals surface area contributed by atoms with Gasteiger partial charge in [-0.1, -0.05) is 40.0 Å². The molecule has 1 fully saturated rings. The molecule has 0 radical (unpaired) electrons. The standard InChI is InChI=1S/C15H31NO2S2/c1-5-7-10-14(3,6-2)13-15(4,19)11-8-9-12-16(13)20(17)18/h13,19H,5-12H2,1-4H3,(H,17,18)/p-1. The molecule has 1 aliphatic heterocycles. The second kappa shape index (κ2) is 7.61. The van der Waals surface area contributed by atoms with Gasteiger partial charge in [0, 0.05) is 28.6 Å². The molecule has 0 N–H and O–H groups in total. The third kappa shape index (κ3) is 4.21. The van der Waals surface area contributed by atoms with Gasteiger partial charge >= 0.3 is 0 Å². The van der Waals surface area contributed by atoms with Crippen molar-refractivity contribution in [1.82, 2.24) is 4.31 Å². The molecule has 0 spiro atoms. The fraction of sp³-hybridized carbons (Fsp3) is 1.00. The highest BCUT2D eigenvalue weighted by Gasteiger charge is 2.47. The molecule has 0 aliphatic carbocycles. The second-order valence-electron chi connectivity index (χ2n) is 6.69. The Morgan fingerprint density at radius 1 is 1.45 bits per heavy atom. The normalized spacial score (nSPS) is 33.4. The molecule has 0 aromatic rings. The lowest BCUT2D eigenvalue weighted by atomic mass is 9.70. The smallest absolute Gasteiger partial charge is 0.0410 e. The van der Waals surface area contributed by atoms with Crippen LogP contribution in [0, 0.1) is 5.41 Å². The summed E-state index contributed by atoms with van der Waals surface area (Å²) < 4.78 is 24.9. The van der Waals surface area contributed by atoms with Crippen molar-refractivity contribution in [3.05, 3.63) is 0 Å². The first-order chi connectivity index (χ1) is 9.28. The summed E-state index contributed by atoms with van der Waals surface area (Å²) in [6.45, 7) is 9.36. The summed E-state index contributed by atoms with van der Waals surface area (Å²) in [4.78, 5) is 0. The molecule has 1 saturated heterocycles. The molecule has 120 valence electrons. The van der Waals surface area contributed by atoms with E-state index in [1.54, 1.807) is 4.31 Å². The Labute approximate surface area is 132 Å². The lowest BCUT2D eigenvalue weighted by molar-refractivity contribution is 0.0966. The van der Waals surface area contributed by atoms with Crippen molar-refractivity contribution in [1.29, 1.82) is 0 Å². The van der Waals surface area contributed by atoms with Crippen LogP contribution in [0.4, 0.5) is 0 Å². The van der Waals surface area contributed by atoms with Crippen molar-refractivity contribution in [3.63, 3.8) is 0 Å². The summed E-state index contributed by atoms with van der Waals surface area (Å²) in [6, 6.07) is -0.0179. The molecule has 4 atom stereocenters. The zero-order valence-electron chi connectivity index (χ0n) is 13.4. The van der Waals surface area contributed by atoms with Gasteiger partial charge in [-0.15, -0.1) is 0 Å². The van der Waals surface area contributed by atoms with E-state index in [9.17, 15) is 8.76 Å². The summed E-state index contributed by atoms with van der Waals surface area (Å²) in [5.41, 5.74) is -0.00306. The van der Waals surface area contributed by atoms with Crippen LogP contribution in [-0.2, 0) is 11.3 Å². The molecule has 20 heavy (non-hydrogen) atoms. The van der Waals surface area contributed by atoms with Crippen LogP contribution in [0.1, 0.15) is 72.6 Å². The minimum absolute atomic E-state index is 0.00306. The number of unbranched alkanes of at least 4 members (excludes halogenated alkanes) is 1. The molecule has 5 heteroatoms. The molecule has 1 rings (SSSR count). The quantitative estimate of drug-likeness (QED) is 0.595. The van der Waals surface area contributed by atoms with Gasteiger partial charge in [0.2, 0.25) is 0 Å². The third-order valence-electron chi connectivity index (χ3n) is 4.95. The van der Waals surface area contributed by atoms with Crippen LogP contribution in [0.25, 0.3) is 0 Å². The molecule has 0 aromatic heterocycles. The Bertz CT molecular complexity index is 336. The van der Waals surface area contributed by atoms with E-state index in [0.717, 1.165) is 44.9 Å². The highest BCUT2D eigenvalue weighted by molar-refractivity contribution is 7.82. The Kier molecular flexibility index (Phi) is 7.03. The first-order valence-electron chi connectivity index (χ1n) is 7.87. The van der Waals surface area contributed by atoms with E-state index in [4.69, 9.17) is 12.6 Å². The van der Waals surface area contributed by atoms with Gasteiger partial charge in [0.25, 0.3) is 0 Å². The molecule has 0 aromatic carbocycles. The topological polar surface area (TPSA) is 43.4 Å². The van der Waals surface area contributed by atoms with Gasteiger partial charge in [0.1, 0.15) is 0 Å². The Hall–Kier alpha value is 0.420. The lowest BCUT2D eigenvalue weighted by Gasteiger charge is -2.50. The van der Waals surface area contributed by atoms with Crippen LogP contribution < -0.4 is 0 Å². The van der Waals surface area contributed by atoms with Crippen molar-refractivity contribution in [3.8, 4) is 0 Å². The summed E-state index contributed by atoms with van der Waals surface area (Å²) in [5, 5.41) is 0. The Balaban J connectivity index is 3.15. The van der Waals surface area contributed by atoms with Gasteiger partial charge in [0.15, 0.2) is 0 Å². The maximum atomic E-state index is 11.7. The molecule has 4 unspecified atom stereocenters. The minimum Gasteiger partial charge on any atom is -0.760 e. The van der Waals surface area contributed by atoms with E-state index < -0.39 is 11.3 Å². The van der Waals surface area contributed by atoms with Crippen LogP contribution in [-0.4, -0.2) is 30.4 Å². The van der Waals surface area contributed by atoms with E-state index in [1.807, 2.05) is 0 Å². The van der Waals surface area contributed by atoms with Gasteiger partial charge < -0.3 is 4.55 Å². The zero-order chi connectivity index (χ0) is 15.4. The minimum atomic E-state index is -2.16. The molecule has 3 nitrogen and oxygen atoms in total. The maximum absolute atomic E-state index is 11.7. The third-order valence-corrected chi connectivity index (χ3v) is 6.19. The van der Waals surface area contributed by atoms with Crippen molar-refractivity contribution in [2.45, 2.75) is 83.4 Å². The number of nitrogens with zero attached hydrogens (tertiary/aromatic N) is 1. The SMILES string of the molecule is CCCCC(C)(CC)C1N(S(=O)[O-])CCCCC1(C)S. The molecule has 1 heterocycles. The van der Waals surface area contributed by atoms with E-state index in [1.165, 1.54) is 0 Å². The highest BCUT2D eigenvalue weighted by Crippen LogP contribution is 2.46. The van der Waals surface area contributed by atoms with E-state index in [-0.39, 0.29) is 16.2 Å². The first-order valence-corrected chi connectivity index (χ1v) is 9.35. The molecular weight excluding hydrogens is 290 g/mol. The second-order valence-corrected chi connectivity index (χ2v) is 8.61. The van der Waals surface area contributed by atoms with Gasteiger partial charge in [-0.25, -0.2) is 4.31 Å². The Morgan fingerprint density at radius 3 is 2.60 bits per heavy atom. The monoisotopic (exact) mass is 320 g/mol. The van der Waals surface area contributed by atoms with Crippen LogP contribution in [0.2, 0.25) is 0 Å². The Morgan fingerprint density at radius 2 is 2.10 bits per heavy atom. The average Bonchev–Trinajstić information content (AvgIpc) is 2.54. The van der Waals surface area contributed by atoms with Gasteiger partial charge in [-0.3, -0.25) is 4.21 Å². The zero-order valence-corrected chi connectivity index (χ0v) is 15.1. The van der Waals surface area contributed by atoms with Crippen LogP contribution >= 0.6 is 12.6 Å². The number of rotatable bonds is 6. The van der Waals surface area contributed by atoms with Crippen molar-refractivity contribution >= 4 is 23.9 Å². The van der Waals surface area contributed by atoms with E-state index in [2.05, 4.69) is 27.7 Å². The van der Waals surface area contributed by atoms with Crippen LogP contribution in [0.5, 0.6) is 0 Å². The lowest BCUT2D eigenvalue weighted by Crippen LogP contribution is -2.56. The first kappa shape index (κ1) is 18.5. The number of thiol groups is 1. The molecular formula is C15H30NO2S2-. The van der Waals surface area contributed by atoms with E-state index >= 15 is 0 Å². The fourth-order valence-electron chi connectivity index (χ4n) is 3.67. The summed E-state index contributed by atoms with van der Waals surface area (Å²) in [6.07, 6.45) is 7.31.